The van der Waals surface area contributed by atoms with Crippen molar-refractivity contribution in [1.82, 2.24) is 24.6 Å². The summed E-state index contributed by atoms with van der Waals surface area (Å²) in [5, 5.41) is 16.9. The fourth-order valence-electron chi connectivity index (χ4n) is 4.70. The van der Waals surface area contributed by atoms with E-state index in [2.05, 4.69) is 15.2 Å². The largest absolute Gasteiger partial charge is 0.479 e. The highest BCUT2D eigenvalue weighted by Gasteiger charge is 2.41. The molecule has 1 aromatic carbocycles. The van der Waals surface area contributed by atoms with E-state index in [-0.39, 0.29) is 44.4 Å². The van der Waals surface area contributed by atoms with Gasteiger partial charge in [0.05, 0.1) is 23.4 Å². The number of carbonyl (C=O) groups is 1. The molecule has 8 nitrogen and oxygen atoms in total. The number of benzene rings is 1. The maximum Gasteiger partial charge on any atom is 0.451 e. The second-order valence-electron chi connectivity index (χ2n) is 8.54. The zero-order valence-electron chi connectivity index (χ0n) is 18.4. The lowest BCUT2D eigenvalue weighted by atomic mass is 10.0. The molecular weight excluding hydrogens is 519 g/mol. The van der Waals surface area contributed by atoms with Gasteiger partial charge in [-0.2, -0.15) is 13.2 Å². The summed E-state index contributed by atoms with van der Waals surface area (Å²) >= 11 is 7.84. The van der Waals surface area contributed by atoms with Crippen molar-refractivity contribution >= 4 is 39.1 Å². The van der Waals surface area contributed by atoms with Gasteiger partial charge in [-0.15, -0.1) is 21.5 Å². The van der Waals surface area contributed by atoms with Crippen LogP contribution in [-0.2, 0) is 37.1 Å². The van der Waals surface area contributed by atoms with Gasteiger partial charge in [-0.25, -0.2) is 0 Å². The molecule has 0 spiro atoms. The van der Waals surface area contributed by atoms with Crippen LogP contribution < -0.4 is 4.74 Å². The summed E-state index contributed by atoms with van der Waals surface area (Å²) in [5.41, 5.74) is 3.03. The number of hydrogen-bond donors (Lipinski definition) is 1. The standard InChI is InChI=1S/C23H17ClF3N5O3S/c24-12-5-11-6-17(21(34)31-3-4-32-18(9-31)29-30-22(32)23(25,26)27)35-19(11)15(7-12)14-1-2-28-16-8-13(10-33)36-20(14)16/h1-2,5,7-8,17,33H,3-4,6,9-10H2. The third kappa shape index (κ3) is 3.80. The average Bonchev–Trinajstić information content (AvgIpc) is 3.57. The summed E-state index contributed by atoms with van der Waals surface area (Å²) in [6.45, 7) is -0.161. The lowest BCUT2D eigenvalue weighted by Gasteiger charge is -2.29. The van der Waals surface area contributed by atoms with Crippen LogP contribution in [0.2, 0.25) is 5.02 Å². The van der Waals surface area contributed by atoms with E-state index in [4.69, 9.17) is 16.3 Å². The summed E-state index contributed by atoms with van der Waals surface area (Å²) in [5.74, 6) is -0.786. The number of rotatable bonds is 3. The zero-order chi connectivity index (χ0) is 25.2. The first kappa shape index (κ1) is 23.2. The zero-order valence-corrected chi connectivity index (χ0v) is 20.0. The molecular formula is C23H17ClF3N5O3S. The number of ether oxygens (including phenoxy) is 1. The first-order valence-corrected chi connectivity index (χ1v) is 12.2. The predicted molar refractivity (Wildman–Crippen MR) is 125 cm³/mol. The fraction of sp³-hybridized carbons (Fsp3) is 0.304. The summed E-state index contributed by atoms with van der Waals surface area (Å²) in [4.78, 5) is 19.9. The van der Waals surface area contributed by atoms with E-state index in [9.17, 15) is 23.1 Å². The molecule has 0 radical (unpaired) electrons. The Balaban J connectivity index is 1.29. The van der Waals surface area contributed by atoms with Gasteiger partial charge in [0.15, 0.2) is 11.9 Å². The Kier molecular flexibility index (Phi) is 5.43. The van der Waals surface area contributed by atoms with Crippen LogP contribution in [0.3, 0.4) is 0 Å². The maximum absolute atomic E-state index is 13.3. The lowest BCUT2D eigenvalue weighted by molar-refractivity contribution is -0.148. The Hall–Kier alpha value is -3.22. The van der Waals surface area contributed by atoms with Gasteiger partial charge in [0.2, 0.25) is 5.82 Å². The topological polar surface area (TPSA) is 93.4 Å². The number of alkyl halides is 3. The molecule has 6 rings (SSSR count). The number of aliphatic hydroxyl groups excluding tert-OH is 1. The number of aliphatic hydroxyl groups is 1. The Morgan fingerprint density at radius 2 is 2.06 bits per heavy atom. The molecule has 13 heteroatoms. The molecule has 186 valence electrons. The smallest absolute Gasteiger partial charge is 0.451 e. The Morgan fingerprint density at radius 1 is 1.22 bits per heavy atom. The minimum Gasteiger partial charge on any atom is -0.479 e. The fourth-order valence-corrected chi connectivity index (χ4v) is 5.94. The normalized spacial score (nSPS) is 17.2. The van der Waals surface area contributed by atoms with E-state index in [1.165, 1.54) is 16.2 Å². The second-order valence-corrected chi connectivity index (χ2v) is 10.1. The van der Waals surface area contributed by atoms with Crippen LogP contribution in [-0.4, -0.2) is 48.3 Å². The number of pyridine rings is 1. The summed E-state index contributed by atoms with van der Waals surface area (Å²) in [7, 11) is 0. The number of nitrogens with zero attached hydrogens (tertiary/aromatic N) is 5. The van der Waals surface area contributed by atoms with Gasteiger partial charge >= 0.3 is 6.18 Å². The molecule has 2 aliphatic rings. The molecule has 1 amide bonds. The number of aromatic nitrogens is 4. The van der Waals surface area contributed by atoms with Crippen molar-refractivity contribution in [3.8, 4) is 16.9 Å². The molecule has 0 saturated carbocycles. The third-order valence-corrected chi connectivity index (χ3v) is 7.66. The SMILES string of the molecule is O=C(C1Cc2cc(Cl)cc(-c3ccnc4cc(CO)sc34)c2O1)N1CCn2c(nnc2C(F)(F)F)C1. The highest BCUT2D eigenvalue weighted by Crippen LogP contribution is 2.45. The van der Waals surface area contributed by atoms with Gasteiger partial charge in [-0.3, -0.25) is 9.78 Å². The molecule has 0 bridgehead atoms. The molecule has 0 fully saturated rings. The van der Waals surface area contributed by atoms with E-state index in [0.717, 1.165) is 30.8 Å². The van der Waals surface area contributed by atoms with Crippen LogP contribution in [0.5, 0.6) is 5.75 Å². The number of carbonyl (C=O) groups excluding carboxylic acids is 1. The number of hydrogen-bond acceptors (Lipinski definition) is 7. The number of halogens is 4. The third-order valence-electron chi connectivity index (χ3n) is 6.30. The molecule has 0 saturated heterocycles. The van der Waals surface area contributed by atoms with E-state index in [1.54, 1.807) is 18.3 Å². The van der Waals surface area contributed by atoms with Crippen LogP contribution in [0.4, 0.5) is 13.2 Å². The van der Waals surface area contributed by atoms with Gasteiger partial charge < -0.3 is 19.3 Å². The Bertz CT molecular complexity index is 1520. The first-order valence-electron chi connectivity index (χ1n) is 11.0. The molecule has 3 aromatic heterocycles. The minimum absolute atomic E-state index is 0.0553. The minimum atomic E-state index is -4.61. The van der Waals surface area contributed by atoms with Crippen molar-refractivity contribution in [2.24, 2.45) is 0 Å². The van der Waals surface area contributed by atoms with Crippen LogP contribution >= 0.6 is 22.9 Å². The lowest BCUT2D eigenvalue weighted by Crippen LogP contribution is -2.45. The van der Waals surface area contributed by atoms with Gasteiger partial charge in [0.1, 0.15) is 5.75 Å². The second kappa shape index (κ2) is 8.43. The van der Waals surface area contributed by atoms with Crippen molar-refractivity contribution in [1.29, 1.82) is 0 Å². The molecule has 2 aliphatic heterocycles. The van der Waals surface area contributed by atoms with Crippen molar-refractivity contribution in [2.45, 2.75) is 38.4 Å². The van der Waals surface area contributed by atoms with Crippen molar-refractivity contribution in [3.05, 3.63) is 57.6 Å². The van der Waals surface area contributed by atoms with Crippen LogP contribution in [0.25, 0.3) is 21.3 Å². The van der Waals surface area contributed by atoms with E-state index >= 15 is 0 Å². The molecule has 4 aromatic rings. The van der Waals surface area contributed by atoms with Crippen molar-refractivity contribution in [2.75, 3.05) is 6.54 Å². The molecule has 36 heavy (non-hydrogen) atoms. The molecule has 1 N–H and O–H groups in total. The van der Waals surface area contributed by atoms with Crippen LogP contribution in [0.15, 0.2) is 30.5 Å². The monoisotopic (exact) mass is 535 g/mol. The van der Waals surface area contributed by atoms with E-state index in [0.29, 0.717) is 16.3 Å². The summed E-state index contributed by atoms with van der Waals surface area (Å²) < 4.78 is 47.4. The Labute approximate surface area is 210 Å². The van der Waals surface area contributed by atoms with E-state index < -0.39 is 18.1 Å². The van der Waals surface area contributed by atoms with Crippen molar-refractivity contribution in [3.63, 3.8) is 0 Å². The summed E-state index contributed by atoms with van der Waals surface area (Å²) in [6.07, 6.45) is -3.51. The molecule has 5 heterocycles. The van der Waals surface area contributed by atoms with Gasteiger partial charge in [-0.05, 0) is 24.3 Å². The predicted octanol–water partition coefficient (Wildman–Crippen LogP) is 4.07. The Morgan fingerprint density at radius 3 is 2.83 bits per heavy atom. The van der Waals surface area contributed by atoms with Gasteiger partial charge in [0.25, 0.3) is 5.91 Å². The summed E-state index contributed by atoms with van der Waals surface area (Å²) in [6, 6.07) is 7.17. The van der Waals surface area contributed by atoms with Crippen LogP contribution in [0, 0.1) is 0 Å². The average molecular weight is 536 g/mol. The number of fused-ring (bicyclic) bond motifs is 3. The van der Waals surface area contributed by atoms with Gasteiger partial charge in [-0.1, -0.05) is 11.6 Å². The number of amides is 1. The van der Waals surface area contributed by atoms with Crippen LogP contribution in [0.1, 0.15) is 22.1 Å². The molecule has 1 unspecified atom stereocenters. The van der Waals surface area contributed by atoms with Gasteiger partial charge in [0, 0.05) is 52.3 Å². The van der Waals surface area contributed by atoms with Crippen molar-refractivity contribution < 1.29 is 27.8 Å². The quantitative estimate of drug-likeness (QED) is 0.425. The van der Waals surface area contributed by atoms with E-state index in [1.807, 2.05) is 12.1 Å². The highest BCUT2D eigenvalue weighted by atomic mass is 35.5. The number of thiophene rings is 1. The molecule has 1 atom stereocenters. The molecule has 0 aliphatic carbocycles. The maximum atomic E-state index is 13.3. The highest BCUT2D eigenvalue weighted by molar-refractivity contribution is 7.19. The first-order chi connectivity index (χ1) is 17.2.